The number of carbonyl (C=O) groups is 1. The molecule has 0 radical (unpaired) electrons. The van der Waals surface area contributed by atoms with Gasteiger partial charge in [0.2, 0.25) is 5.91 Å². The molecule has 2 aliphatic heterocycles. The minimum atomic E-state index is -0.0500. The number of hydrogen-bond donors (Lipinski definition) is 1. The Morgan fingerprint density at radius 1 is 1.11 bits per heavy atom. The van der Waals surface area contributed by atoms with Gasteiger partial charge in [-0.1, -0.05) is 6.07 Å². The van der Waals surface area contributed by atoms with E-state index in [0.29, 0.717) is 31.0 Å². The molecule has 6 heteroatoms. The van der Waals surface area contributed by atoms with Crippen molar-refractivity contribution in [2.24, 2.45) is 0 Å². The van der Waals surface area contributed by atoms with E-state index in [1.54, 1.807) is 24.3 Å². The maximum Gasteiger partial charge on any atom is 0.238 e. The maximum absolute atomic E-state index is 12.5. The summed E-state index contributed by atoms with van der Waals surface area (Å²) in [6.07, 6.45) is 2.96. The summed E-state index contributed by atoms with van der Waals surface area (Å²) in [7, 11) is 0. The van der Waals surface area contributed by atoms with Crippen LogP contribution in [0.25, 0.3) is 0 Å². The van der Waals surface area contributed by atoms with Crippen molar-refractivity contribution in [2.45, 2.75) is 25.3 Å². The monoisotopic (exact) mass is 377 g/mol. The molecule has 1 N–H and O–H groups in total. The van der Waals surface area contributed by atoms with Gasteiger partial charge in [0.25, 0.3) is 0 Å². The standard InChI is InChI=1S/C22H23N3O3/c23-14-16-4-7-18(8-5-16)24-22(26)15-25-10-1-3-19(25)17-6-9-20-21(13-17)28-12-2-11-27-20/h4-9,13,19H,1-3,10-12,15H2,(H,24,26). The highest BCUT2D eigenvalue weighted by molar-refractivity contribution is 5.92. The summed E-state index contributed by atoms with van der Waals surface area (Å²) >= 11 is 0. The van der Waals surface area contributed by atoms with Gasteiger partial charge >= 0.3 is 0 Å². The first-order valence-electron chi connectivity index (χ1n) is 9.66. The Labute approximate surface area is 164 Å². The minimum absolute atomic E-state index is 0.0500. The highest BCUT2D eigenvalue weighted by Gasteiger charge is 2.28. The van der Waals surface area contributed by atoms with Crippen LogP contribution in [0, 0.1) is 11.3 Å². The number of likely N-dealkylation sites (tertiary alicyclic amines) is 1. The molecule has 1 amide bonds. The zero-order valence-electron chi connectivity index (χ0n) is 15.7. The molecular weight excluding hydrogens is 354 g/mol. The number of hydrogen-bond acceptors (Lipinski definition) is 5. The van der Waals surface area contributed by atoms with Crippen LogP contribution in [-0.2, 0) is 4.79 Å². The zero-order valence-corrected chi connectivity index (χ0v) is 15.7. The summed E-state index contributed by atoms with van der Waals surface area (Å²) < 4.78 is 11.5. The first kappa shape index (κ1) is 18.3. The van der Waals surface area contributed by atoms with Crippen molar-refractivity contribution in [3.05, 3.63) is 53.6 Å². The van der Waals surface area contributed by atoms with Crippen molar-refractivity contribution in [3.63, 3.8) is 0 Å². The summed E-state index contributed by atoms with van der Waals surface area (Å²) in [5.74, 6) is 1.54. The molecular formula is C22H23N3O3. The first-order valence-corrected chi connectivity index (χ1v) is 9.66. The number of anilines is 1. The number of rotatable bonds is 4. The normalized spacial score (nSPS) is 18.9. The van der Waals surface area contributed by atoms with Crippen LogP contribution >= 0.6 is 0 Å². The predicted molar refractivity (Wildman–Crippen MR) is 105 cm³/mol. The first-order chi connectivity index (χ1) is 13.7. The molecule has 28 heavy (non-hydrogen) atoms. The lowest BCUT2D eigenvalue weighted by Gasteiger charge is -2.25. The summed E-state index contributed by atoms with van der Waals surface area (Å²) in [6, 6.07) is 15.3. The number of ether oxygens (including phenoxy) is 2. The van der Waals surface area contributed by atoms with Crippen LogP contribution < -0.4 is 14.8 Å². The molecule has 2 aromatic carbocycles. The Morgan fingerprint density at radius 3 is 2.68 bits per heavy atom. The van der Waals surface area contributed by atoms with Gasteiger partial charge in [-0.05, 0) is 61.3 Å². The highest BCUT2D eigenvalue weighted by Crippen LogP contribution is 2.37. The quantitative estimate of drug-likeness (QED) is 0.883. The second-order valence-corrected chi connectivity index (χ2v) is 7.12. The van der Waals surface area contributed by atoms with E-state index in [1.807, 2.05) is 6.07 Å². The molecule has 0 bridgehead atoms. The van der Waals surface area contributed by atoms with Crippen LogP contribution in [0.2, 0.25) is 0 Å². The van der Waals surface area contributed by atoms with Crippen molar-refractivity contribution in [2.75, 3.05) is 31.6 Å². The number of nitriles is 1. The number of amides is 1. The van der Waals surface area contributed by atoms with Gasteiger partial charge in [-0.2, -0.15) is 5.26 Å². The van der Waals surface area contributed by atoms with Crippen LogP contribution in [0.3, 0.4) is 0 Å². The number of fused-ring (bicyclic) bond motifs is 1. The molecule has 0 spiro atoms. The molecule has 6 nitrogen and oxygen atoms in total. The Hall–Kier alpha value is -3.04. The summed E-state index contributed by atoms with van der Waals surface area (Å²) in [5.41, 5.74) is 2.44. The van der Waals surface area contributed by atoms with E-state index in [2.05, 4.69) is 28.4 Å². The number of nitrogens with zero attached hydrogens (tertiary/aromatic N) is 2. The van der Waals surface area contributed by atoms with Crippen LogP contribution in [0.4, 0.5) is 5.69 Å². The Morgan fingerprint density at radius 2 is 1.89 bits per heavy atom. The average molecular weight is 377 g/mol. The van der Waals surface area contributed by atoms with Crippen molar-refractivity contribution in [3.8, 4) is 17.6 Å². The molecule has 2 heterocycles. The Balaban J connectivity index is 1.42. The van der Waals surface area contributed by atoms with E-state index < -0.39 is 0 Å². The molecule has 1 fully saturated rings. The van der Waals surface area contributed by atoms with Crippen LogP contribution in [0.1, 0.15) is 36.4 Å². The number of carbonyl (C=O) groups excluding carboxylic acids is 1. The van der Waals surface area contributed by atoms with Crippen molar-refractivity contribution in [1.29, 1.82) is 5.26 Å². The molecule has 2 aliphatic rings. The fourth-order valence-electron chi connectivity index (χ4n) is 3.79. The van der Waals surface area contributed by atoms with Gasteiger partial charge in [0, 0.05) is 18.2 Å². The second-order valence-electron chi connectivity index (χ2n) is 7.12. The molecule has 144 valence electrons. The van der Waals surface area contributed by atoms with Crippen LogP contribution in [-0.4, -0.2) is 37.1 Å². The molecule has 1 atom stereocenters. The highest BCUT2D eigenvalue weighted by atomic mass is 16.5. The third kappa shape index (κ3) is 4.10. The molecule has 1 unspecified atom stereocenters. The SMILES string of the molecule is N#Cc1ccc(NC(=O)CN2CCCC2c2ccc3c(c2)OCCCO3)cc1. The summed E-state index contributed by atoms with van der Waals surface area (Å²) in [6.45, 7) is 2.56. The lowest BCUT2D eigenvalue weighted by molar-refractivity contribution is -0.117. The van der Waals surface area contributed by atoms with E-state index in [1.165, 1.54) is 0 Å². The van der Waals surface area contributed by atoms with Gasteiger partial charge < -0.3 is 14.8 Å². The number of benzene rings is 2. The van der Waals surface area contributed by atoms with E-state index in [9.17, 15) is 4.79 Å². The molecule has 2 aromatic rings. The summed E-state index contributed by atoms with van der Waals surface area (Å²) in [5, 5.41) is 11.8. The van der Waals surface area contributed by atoms with Crippen LogP contribution in [0.5, 0.6) is 11.5 Å². The molecule has 4 rings (SSSR count). The van der Waals surface area contributed by atoms with Gasteiger partial charge in [0.1, 0.15) is 0 Å². The van der Waals surface area contributed by atoms with Gasteiger partial charge in [-0.25, -0.2) is 0 Å². The zero-order chi connectivity index (χ0) is 19.3. The van der Waals surface area contributed by atoms with Gasteiger partial charge in [0.05, 0.1) is 31.4 Å². The fraction of sp³-hybridized carbons (Fsp3) is 0.364. The smallest absolute Gasteiger partial charge is 0.238 e. The largest absolute Gasteiger partial charge is 0.490 e. The molecule has 0 aromatic heterocycles. The Bertz CT molecular complexity index is 889. The van der Waals surface area contributed by atoms with Crippen molar-refractivity contribution < 1.29 is 14.3 Å². The second kappa shape index (κ2) is 8.32. The van der Waals surface area contributed by atoms with Gasteiger partial charge in [-0.3, -0.25) is 9.69 Å². The van der Waals surface area contributed by atoms with E-state index in [4.69, 9.17) is 14.7 Å². The molecule has 1 saturated heterocycles. The minimum Gasteiger partial charge on any atom is -0.490 e. The van der Waals surface area contributed by atoms with Crippen molar-refractivity contribution in [1.82, 2.24) is 4.90 Å². The average Bonchev–Trinajstić information content (AvgIpc) is 3.03. The fourth-order valence-corrected chi connectivity index (χ4v) is 3.79. The number of nitrogens with one attached hydrogen (secondary N) is 1. The van der Waals surface area contributed by atoms with Crippen LogP contribution in [0.15, 0.2) is 42.5 Å². The third-order valence-corrected chi connectivity index (χ3v) is 5.16. The predicted octanol–water partition coefficient (Wildman–Crippen LogP) is 3.50. The lowest BCUT2D eigenvalue weighted by atomic mass is 10.0. The lowest BCUT2D eigenvalue weighted by Crippen LogP contribution is -2.32. The van der Waals surface area contributed by atoms with Gasteiger partial charge in [-0.15, -0.1) is 0 Å². The summed E-state index contributed by atoms with van der Waals surface area (Å²) in [4.78, 5) is 14.7. The molecule has 0 saturated carbocycles. The topological polar surface area (TPSA) is 74.6 Å². The maximum atomic E-state index is 12.5. The van der Waals surface area contributed by atoms with Crippen molar-refractivity contribution >= 4 is 11.6 Å². The Kier molecular flexibility index (Phi) is 5.45. The van der Waals surface area contributed by atoms with E-state index in [-0.39, 0.29) is 11.9 Å². The van der Waals surface area contributed by atoms with E-state index in [0.717, 1.165) is 42.9 Å². The third-order valence-electron chi connectivity index (χ3n) is 5.16. The van der Waals surface area contributed by atoms with E-state index >= 15 is 0 Å². The van der Waals surface area contributed by atoms with Gasteiger partial charge in [0.15, 0.2) is 11.5 Å². The molecule has 0 aliphatic carbocycles.